The van der Waals surface area contributed by atoms with Gasteiger partial charge in [0.1, 0.15) is 12.0 Å². The summed E-state index contributed by atoms with van der Waals surface area (Å²) in [4.78, 5) is 28.9. The molecule has 1 aliphatic heterocycles. The van der Waals surface area contributed by atoms with Crippen molar-refractivity contribution in [3.05, 3.63) is 53.9 Å². The van der Waals surface area contributed by atoms with E-state index in [1.165, 1.54) is 0 Å². The average Bonchev–Trinajstić information content (AvgIpc) is 2.72. The van der Waals surface area contributed by atoms with Gasteiger partial charge in [-0.1, -0.05) is 18.2 Å². The lowest BCUT2D eigenvalue weighted by molar-refractivity contribution is -0.169. The molecule has 2 heterocycles. The van der Waals surface area contributed by atoms with Crippen molar-refractivity contribution in [3.8, 4) is 11.1 Å². The predicted octanol–water partition coefficient (Wildman–Crippen LogP) is 4.71. The van der Waals surface area contributed by atoms with Crippen LogP contribution in [0.3, 0.4) is 0 Å². The molecule has 1 saturated heterocycles. The van der Waals surface area contributed by atoms with Gasteiger partial charge in [0.05, 0.1) is 12.3 Å². The maximum Gasteiger partial charge on any atom is 0.314 e. The number of rotatable bonds is 7. The Labute approximate surface area is 177 Å². The molecule has 0 bridgehead atoms. The number of hydrogen-bond acceptors (Lipinski definition) is 6. The molecule has 0 N–H and O–H groups in total. The molecule has 0 aliphatic carbocycles. The van der Waals surface area contributed by atoms with Crippen LogP contribution in [0.25, 0.3) is 11.1 Å². The standard InChI is InChI=1S/C24H29NO5/c1-24(2,3)30-22(27)15-21(26)19-8-6-7-17(13-19)18-10-11-25-20(14-18)16-29-23-9-4-5-12-28-23/h6-8,10-11,13-14,23H,4-5,9,12,15-16H2,1-3H3. The SMILES string of the molecule is CC(C)(C)OC(=O)CC(=O)c1cccc(-c2ccnc(COC3CCCCO3)c2)c1. The summed E-state index contributed by atoms with van der Waals surface area (Å²) in [5.74, 6) is -0.788. The molecule has 1 aromatic heterocycles. The number of Topliss-reactive ketones (excluding diaryl/α,β-unsaturated/α-hetero) is 1. The molecule has 1 atom stereocenters. The van der Waals surface area contributed by atoms with Crippen LogP contribution < -0.4 is 0 Å². The van der Waals surface area contributed by atoms with Crippen molar-refractivity contribution in [2.24, 2.45) is 0 Å². The molecule has 1 unspecified atom stereocenters. The Morgan fingerprint density at radius 2 is 1.93 bits per heavy atom. The zero-order valence-corrected chi connectivity index (χ0v) is 17.8. The molecule has 0 saturated carbocycles. The van der Waals surface area contributed by atoms with Crippen molar-refractivity contribution < 1.29 is 23.8 Å². The van der Waals surface area contributed by atoms with Crippen LogP contribution in [0, 0.1) is 0 Å². The summed E-state index contributed by atoms with van der Waals surface area (Å²) in [5.41, 5.74) is 2.47. The molecule has 1 aliphatic rings. The minimum Gasteiger partial charge on any atom is -0.460 e. The molecular formula is C24H29NO5. The Balaban J connectivity index is 1.66. The lowest BCUT2D eigenvalue weighted by Crippen LogP contribution is -2.25. The van der Waals surface area contributed by atoms with E-state index >= 15 is 0 Å². The summed E-state index contributed by atoms with van der Waals surface area (Å²) in [6.45, 7) is 6.45. The molecular weight excluding hydrogens is 382 g/mol. The summed E-state index contributed by atoms with van der Waals surface area (Å²) >= 11 is 0. The summed E-state index contributed by atoms with van der Waals surface area (Å²) < 4.78 is 16.7. The number of aromatic nitrogens is 1. The minimum atomic E-state index is -0.614. The number of benzene rings is 1. The van der Waals surface area contributed by atoms with Crippen molar-refractivity contribution in [2.45, 2.75) is 65.0 Å². The highest BCUT2D eigenvalue weighted by atomic mass is 16.7. The van der Waals surface area contributed by atoms with Crippen LogP contribution in [-0.4, -0.2) is 35.2 Å². The van der Waals surface area contributed by atoms with Gasteiger partial charge in [-0.2, -0.15) is 0 Å². The van der Waals surface area contributed by atoms with Crippen molar-refractivity contribution >= 4 is 11.8 Å². The second-order valence-corrected chi connectivity index (χ2v) is 8.41. The highest BCUT2D eigenvalue weighted by Gasteiger charge is 2.20. The van der Waals surface area contributed by atoms with Gasteiger partial charge in [0.2, 0.25) is 0 Å². The number of esters is 1. The van der Waals surface area contributed by atoms with E-state index in [0.29, 0.717) is 12.2 Å². The van der Waals surface area contributed by atoms with E-state index in [2.05, 4.69) is 4.98 Å². The van der Waals surface area contributed by atoms with Crippen LogP contribution in [0.4, 0.5) is 0 Å². The summed E-state index contributed by atoms with van der Waals surface area (Å²) in [6, 6.07) is 11.1. The Morgan fingerprint density at radius 3 is 2.67 bits per heavy atom. The highest BCUT2D eigenvalue weighted by molar-refractivity contribution is 6.06. The molecule has 160 valence electrons. The Kier molecular flexibility index (Phi) is 7.34. The Bertz CT molecular complexity index is 881. The maximum atomic E-state index is 12.5. The van der Waals surface area contributed by atoms with Crippen molar-refractivity contribution in [3.63, 3.8) is 0 Å². The Hall–Kier alpha value is -2.57. The van der Waals surface area contributed by atoms with Gasteiger partial charge < -0.3 is 14.2 Å². The topological polar surface area (TPSA) is 74.7 Å². The molecule has 1 fully saturated rings. The van der Waals surface area contributed by atoms with Gasteiger partial charge in [0.15, 0.2) is 12.1 Å². The summed E-state index contributed by atoms with van der Waals surface area (Å²) in [6.07, 6.45) is 4.38. The first-order valence-electron chi connectivity index (χ1n) is 10.3. The first kappa shape index (κ1) is 22.1. The number of carbonyl (C=O) groups is 2. The smallest absolute Gasteiger partial charge is 0.314 e. The van der Waals surface area contributed by atoms with Crippen molar-refractivity contribution in [1.29, 1.82) is 0 Å². The quantitative estimate of drug-likeness (QED) is 0.373. The number of hydrogen-bond donors (Lipinski definition) is 0. The number of ether oxygens (including phenoxy) is 3. The zero-order chi connectivity index (χ0) is 21.6. The minimum absolute atomic E-state index is 0.169. The van der Waals surface area contributed by atoms with Crippen LogP contribution in [-0.2, 0) is 25.6 Å². The zero-order valence-electron chi connectivity index (χ0n) is 17.8. The van der Waals surface area contributed by atoms with Crippen molar-refractivity contribution in [2.75, 3.05) is 6.61 Å². The molecule has 0 spiro atoms. The molecule has 0 radical (unpaired) electrons. The number of carbonyl (C=O) groups excluding carboxylic acids is 2. The number of ketones is 1. The molecule has 2 aromatic rings. The first-order valence-corrected chi connectivity index (χ1v) is 10.3. The van der Waals surface area contributed by atoms with E-state index in [0.717, 1.165) is 42.7 Å². The van der Waals surface area contributed by atoms with Crippen LogP contribution in [0.15, 0.2) is 42.6 Å². The summed E-state index contributed by atoms with van der Waals surface area (Å²) in [7, 11) is 0. The van der Waals surface area contributed by atoms with Crippen LogP contribution in [0.2, 0.25) is 0 Å². The van der Waals surface area contributed by atoms with E-state index in [9.17, 15) is 9.59 Å². The van der Waals surface area contributed by atoms with Gasteiger partial charge in [0.25, 0.3) is 0 Å². The third-order valence-corrected chi connectivity index (χ3v) is 4.61. The number of nitrogens with zero attached hydrogens (tertiary/aromatic N) is 1. The van der Waals surface area contributed by atoms with Crippen LogP contribution in [0.5, 0.6) is 0 Å². The second kappa shape index (κ2) is 9.96. The van der Waals surface area contributed by atoms with Crippen LogP contribution >= 0.6 is 0 Å². The monoisotopic (exact) mass is 411 g/mol. The second-order valence-electron chi connectivity index (χ2n) is 8.41. The van der Waals surface area contributed by atoms with Gasteiger partial charge >= 0.3 is 5.97 Å². The fraction of sp³-hybridized carbons (Fsp3) is 0.458. The normalized spacial score (nSPS) is 16.8. The van der Waals surface area contributed by atoms with E-state index in [1.807, 2.05) is 24.3 Å². The maximum absolute atomic E-state index is 12.5. The molecule has 3 rings (SSSR count). The average molecular weight is 411 g/mol. The van der Waals surface area contributed by atoms with Gasteiger partial charge in [-0.3, -0.25) is 14.6 Å². The molecule has 0 amide bonds. The van der Waals surface area contributed by atoms with Crippen molar-refractivity contribution in [1.82, 2.24) is 4.98 Å². The van der Waals surface area contributed by atoms with Crippen LogP contribution in [0.1, 0.15) is 62.5 Å². The third kappa shape index (κ3) is 6.75. The third-order valence-electron chi connectivity index (χ3n) is 4.61. The molecule has 1 aromatic carbocycles. The van der Waals surface area contributed by atoms with Gasteiger partial charge in [-0.05, 0) is 69.4 Å². The van der Waals surface area contributed by atoms with Gasteiger partial charge in [0, 0.05) is 18.4 Å². The lowest BCUT2D eigenvalue weighted by atomic mass is 10.0. The van der Waals surface area contributed by atoms with E-state index < -0.39 is 11.6 Å². The van der Waals surface area contributed by atoms with E-state index in [4.69, 9.17) is 14.2 Å². The van der Waals surface area contributed by atoms with Gasteiger partial charge in [-0.15, -0.1) is 0 Å². The largest absolute Gasteiger partial charge is 0.460 e. The molecule has 6 heteroatoms. The first-order chi connectivity index (χ1) is 14.3. The summed E-state index contributed by atoms with van der Waals surface area (Å²) in [5, 5.41) is 0. The lowest BCUT2D eigenvalue weighted by Gasteiger charge is -2.22. The Morgan fingerprint density at radius 1 is 1.13 bits per heavy atom. The fourth-order valence-electron chi connectivity index (χ4n) is 3.24. The van der Waals surface area contributed by atoms with Gasteiger partial charge in [-0.25, -0.2) is 0 Å². The van der Waals surface area contributed by atoms with E-state index in [1.54, 1.807) is 39.1 Å². The van der Waals surface area contributed by atoms with E-state index in [-0.39, 0.29) is 18.5 Å². The molecule has 6 nitrogen and oxygen atoms in total. The fourth-order valence-corrected chi connectivity index (χ4v) is 3.24. The predicted molar refractivity (Wildman–Crippen MR) is 113 cm³/mol. The highest BCUT2D eigenvalue weighted by Crippen LogP contribution is 2.23. The molecule has 30 heavy (non-hydrogen) atoms. The number of pyridine rings is 1.